The van der Waals surface area contributed by atoms with Crippen molar-refractivity contribution in [2.24, 2.45) is 0 Å². The minimum absolute atomic E-state index is 0.150. The molecule has 1 aliphatic rings. The predicted octanol–water partition coefficient (Wildman–Crippen LogP) is 3.36. The highest BCUT2D eigenvalue weighted by atomic mass is 32.1. The lowest BCUT2D eigenvalue weighted by atomic mass is 10.0. The molecular weight excluding hydrogens is 258 g/mol. The van der Waals surface area contributed by atoms with E-state index in [4.69, 9.17) is 4.52 Å². The highest BCUT2D eigenvalue weighted by Crippen LogP contribution is 2.35. The number of anilines is 1. The van der Waals surface area contributed by atoms with Crippen LogP contribution in [0.1, 0.15) is 17.4 Å². The molecule has 0 saturated heterocycles. The van der Waals surface area contributed by atoms with Crippen molar-refractivity contribution in [2.75, 3.05) is 11.9 Å². The van der Waals surface area contributed by atoms with Crippen molar-refractivity contribution in [1.29, 1.82) is 0 Å². The number of thiophene rings is 1. The van der Waals surface area contributed by atoms with E-state index >= 15 is 0 Å². The Labute approximate surface area is 114 Å². The molecule has 0 bridgehead atoms. The van der Waals surface area contributed by atoms with E-state index in [2.05, 4.69) is 27.6 Å². The number of fused-ring (bicyclic) bond motifs is 1. The Hall–Kier alpha value is -2.14. The van der Waals surface area contributed by atoms with Gasteiger partial charge in [0.2, 0.25) is 11.7 Å². The van der Waals surface area contributed by atoms with E-state index in [1.54, 1.807) is 11.3 Å². The summed E-state index contributed by atoms with van der Waals surface area (Å²) in [4.78, 5) is 5.56. The normalized spacial score (nSPS) is 17.2. The monoisotopic (exact) mass is 269 g/mol. The first-order chi connectivity index (χ1) is 9.42. The third kappa shape index (κ3) is 1.74. The summed E-state index contributed by atoms with van der Waals surface area (Å²) in [5.74, 6) is 1.51. The fraction of sp³-hybridized carbons (Fsp3) is 0.143. The van der Waals surface area contributed by atoms with Crippen molar-refractivity contribution in [3.05, 3.63) is 53.2 Å². The second kappa shape index (κ2) is 4.20. The molecule has 0 amide bonds. The SMILES string of the molecule is c1csc(-c2noc(C3CNc4ccccc43)n2)c1. The minimum atomic E-state index is 0.150. The molecule has 19 heavy (non-hydrogen) atoms. The summed E-state index contributed by atoms with van der Waals surface area (Å²) in [6.45, 7) is 0.811. The van der Waals surface area contributed by atoms with Crippen LogP contribution >= 0.6 is 11.3 Å². The van der Waals surface area contributed by atoms with Crippen LogP contribution in [-0.2, 0) is 0 Å². The maximum Gasteiger partial charge on any atom is 0.236 e. The van der Waals surface area contributed by atoms with Crippen LogP contribution in [0.15, 0.2) is 46.3 Å². The fourth-order valence-electron chi connectivity index (χ4n) is 2.39. The lowest BCUT2D eigenvalue weighted by Gasteiger charge is -2.02. The Balaban J connectivity index is 1.71. The fourth-order valence-corrected chi connectivity index (χ4v) is 3.04. The van der Waals surface area contributed by atoms with E-state index in [-0.39, 0.29) is 5.92 Å². The van der Waals surface area contributed by atoms with Crippen LogP contribution < -0.4 is 5.32 Å². The number of hydrogen-bond acceptors (Lipinski definition) is 5. The molecule has 3 aromatic rings. The molecule has 0 saturated carbocycles. The maximum atomic E-state index is 5.43. The number of hydrogen-bond donors (Lipinski definition) is 1. The molecule has 1 aliphatic heterocycles. The largest absolute Gasteiger partial charge is 0.384 e. The standard InChI is InChI=1S/C14H11N3OS/c1-2-5-11-9(4-1)10(8-15-11)14-16-13(17-18-14)12-6-3-7-19-12/h1-7,10,15H,8H2. The molecule has 2 aromatic heterocycles. The van der Waals surface area contributed by atoms with Crippen LogP contribution in [-0.4, -0.2) is 16.7 Å². The van der Waals surface area contributed by atoms with Gasteiger partial charge in [0.1, 0.15) is 0 Å². The summed E-state index contributed by atoms with van der Waals surface area (Å²) >= 11 is 1.62. The maximum absolute atomic E-state index is 5.43. The molecule has 5 heteroatoms. The van der Waals surface area contributed by atoms with E-state index in [1.807, 2.05) is 29.6 Å². The lowest BCUT2D eigenvalue weighted by molar-refractivity contribution is 0.371. The lowest BCUT2D eigenvalue weighted by Crippen LogP contribution is -2.03. The second-order valence-electron chi connectivity index (χ2n) is 4.45. The van der Waals surface area contributed by atoms with Crippen molar-refractivity contribution < 1.29 is 4.52 Å². The quantitative estimate of drug-likeness (QED) is 0.775. The molecule has 1 N–H and O–H groups in total. The van der Waals surface area contributed by atoms with Crippen molar-refractivity contribution in [1.82, 2.24) is 10.1 Å². The van der Waals surface area contributed by atoms with Crippen molar-refractivity contribution in [2.45, 2.75) is 5.92 Å². The summed E-state index contributed by atoms with van der Waals surface area (Å²) in [5.41, 5.74) is 2.38. The van der Waals surface area contributed by atoms with Gasteiger partial charge in [-0.2, -0.15) is 4.98 Å². The molecule has 3 heterocycles. The molecule has 1 atom stereocenters. The first kappa shape index (κ1) is 10.8. The molecule has 4 nitrogen and oxygen atoms in total. The average Bonchev–Trinajstić information content (AvgIpc) is 3.18. The molecule has 0 aliphatic carbocycles. The summed E-state index contributed by atoms with van der Waals surface area (Å²) in [6.07, 6.45) is 0. The third-order valence-corrected chi connectivity index (χ3v) is 4.18. The van der Waals surface area contributed by atoms with Gasteiger partial charge in [-0.05, 0) is 23.1 Å². The van der Waals surface area contributed by atoms with Crippen LogP contribution in [0.25, 0.3) is 10.7 Å². The highest BCUT2D eigenvalue weighted by molar-refractivity contribution is 7.13. The molecule has 94 valence electrons. The Morgan fingerprint density at radius 2 is 2.16 bits per heavy atom. The molecule has 1 aromatic carbocycles. The van der Waals surface area contributed by atoms with E-state index in [0.717, 1.165) is 17.1 Å². The minimum Gasteiger partial charge on any atom is -0.384 e. The number of benzene rings is 1. The highest BCUT2D eigenvalue weighted by Gasteiger charge is 2.28. The van der Waals surface area contributed by atoms with Crippen LogP contribution in [0, 0.1) is 0 Å². The Morgan fingerprint density at radius 3 is 3.05 bits per heavy atom. The van der Waals surface area contributed by atoms with Gasteiger partial charge in [0.05, 0.1) is 10.8 Å². The van der Waals surface area contributed by atoms with Crippen LogP contribution in [0.3, 0.4) is 0 Å². The first-order valence-corrected chi connectivity index (χ1v) is 7.00. The van der Waals surface area contributed by atoms with Crippen LogP contribution in [0.2, 0.25) is 0 Å². The van der Waals surface area contributed by atoms with Crippen molar-refractivity contribution in [3.8, 4) is 10.7 Å². The zero-order chi connectivity index (χ0) is 12.7. The number of para-hydroxylation sites is 1. The van der Waals surface area contributed by atoms with Crippen LogP contribution in [0.4, 0.5) is 5.69 Å². The van der Waals surface area contributed by atoms with Gasteiger partial charge in [0.25, 0.3) is 0 Å². The number of nitrogens with zero attached hydrogens (tertiary/aromatic N) is 2. The molecule has 0 fully saturated rings. The Kier molecular flexibility index (Phi) is 2.38. The van der Waals surface area contributed by atoms with Gasteiger partial charge in [0.15, 0.2) is 0 Å². The van der Waals surface area contributed by atoms with E-state index < -0.39 is 0 Å². The summed E-state index contributed by atoms with van der Waals surface area (Å²) < 4.78 is 5.43. The van der Waals surface area contributed by atoms with Crippen molar-refractivity contribution in [3.63, 3.8) is 0 Å². The Morgan fingerprint density at radius 1 is 1.21 bits per heavy atom. The van der Waals surface area contributed by atoms with Gasteiger partial charge >= 0.3 is 0 Å². The molecule has 0 spiro atoms. The third-order valence-electron chi connectivity index (χ3n) is 3.31. The average molecular weight is 269 g/mol. The van der Waals surface area contributed by atoms with Crippen molar-refractivity contribution >= 4 is 17.0 Å². The van der Waals surface area contributed by atoms with Gasteiger partial charge in [-0.3, -0.25) is 0 Å². The summed E-state index contributed by atoms with van der Waals surface area (Å²) in [6, 6.07) is 12.2. The topological polar surface area (TPSA) is 51.0 Å². The predicted molar refractivity (Wildman–Crippen MR) is 74.4 cm³/mol. The second-order valence-corrected chi connectivity index (χ2v) is 5.40. The smallest absolute Gasteiger partial charge is 0.236 e. The van der Waals surface area contributed by atoms with Crippen LogP contribution in [0.5, 0.6) is 0 Å². The zero-order valence-electron chi connectivity index (χ0n) is 10.0. The van der Waals surface area contributed by atoms with E-state index in [1.165, 1.54) is 5.56 Å². The van der Waals surface area contributed by atoms with Gasteiger partial charge in [-0.15, -0.1) is 11.3 Å². The Bertz CT molecular complexity index is 705. The summed E-state index contributed by atoms with van der Waals surface area (Å²) in [5, 5.41) is 9.45. The van der Waals surface area contributed by atoms with Gasteiger partial charge in [-0.25, -0.2) is 0 Å². The summed E-state index contributed by atoms with van der Waals surface area (Å²) in [7, 11) is 0. The van der Waals surface area contributed by atoms with E-state index in [0.29, 0.717) is 11.7 Å². The molecular formula is C14H11N3OS. The van der Waals surface area contributed by atoms with Gasteiger partial charge in [0, 0.05) is 12.2 Å². The molecule has 4 rings (SSSR count). The molecule has 0 radical (unpaired) electrons. The number of nitrogens with one attached hydrogen (secondary N) is 1. The van der Waals surface area contributed by atoms with E-state index in [9.17, 15) is 0 Å². The van der Waals surface area contributed by atoms with Gasteiger partial charge < -0.3 is 9.84 Å². The zero-order valence-corrected chi connectivity index (χ0v) is 10.9. The number of aromatic nitrogens is 2. The van der Waals surface area contributed by atoms with Gasteiger partial charge in [-0.1, -0.05) is 29.4 Å². The first-order valence-electron chi connectivity index (χ1n) is 6.12. The number of rotatable bonds is 2. The molecule has 1 unspecified atom stereocenters.